The quantitative estimate of drug-likeness (QED) is 0.460. The maximum atomic E-state index is 2.28. The molecule has 0 spiro atoms. The van der Waals surface area contributed by atoms with Crippen LogP contribution in [0.15, 0.2) is 0 Å². The maximum absolute atomic E-state index is 2.28. The zero-order chi connectivity index (χ0) is 9.23. The average Bonchev–Trinajstić information content (AvgIpc) is 2.11. The highest BCUT2D eigenvalue weighted by molar-refractivity contribution is 4.85. The molecule has 0 bridgehead atoms. The lowest BCUT2D eigenvalue weighted by Gasteiger charge is -2.10. The Bertz CT molecular complexity index is 72.1. The van der Waals surface area contributed by atoms with Gasteiger partial charge in [-0.15, -0.1) is 0 Å². The zero-order valence-electron chi connectivity index (χ0n) is 9.16. The van der Waals surface area contributed by atoms with Crippen LogP contribution < -0.4 is 0 Å². The average molecular weight is 169 g/mol. The van der Waals surface area contributed by atoms with Crippen molar-refractivity contribution in [3.8, 4) is 0 Å². The van der Waals surface area contributed by atoms with Crippen molar-refractivity contribution >= 4 is 0 Å². The summed E-state index contributed by atoms with van der Waals surface area (Å²) in [4.78, 5) is 0. The van der Waals surface area contributed by atoms with Crippen LogP contribution in [0.25, 0.3) is 0 Å². The molecule has 0 N–H and O–H groups in total. The predicted octanol–water partition coefficient (Wildman–Crippen LogP) is 4.74. The second kappa shape index (κ2) is 9.09. The molecule has 0 rings (SSSR count). The summed E-state index contributed by atoms with van der Waals surface area (Å²) in [6, 6.07) is 0. The van der Waals surface area contributed by atoms with Crippen LogP contribution in [0, 0.1) is 5.92 Å². The summed E-state index contributed by atoms with van der Waals surface area (Å²) in [5.74, 6) is 1.76. The zero-order valence-corrected chi connectivity index (χ0v) is 9.16. The van der Waals surface area contributed by atoms with Crippen molar-refractivity contribution in [2.75, 3.05) is 0 Å². The van der Waals surface area contributed by atoms with Gasteiger partial charge >= 0.3 is 0 Å². The highest BCUT2D eigenvalue weighted by atomic mass is 14.1. The van der Waals surface area contributed by atoms with Crippen molar-refractivity contribution in [2.24, 2.45) is 0 Å². The first-order chi connectivity index (χ1) is 5.85. The fourth-order valence-electron chi connectivity index (χ4n) is 1.58. The predicted molar refractivity (Wildman–Crippen MR) is 57.2 cm³/mol. The van der Waals surface area contributed by atoms with E-state index in [0.717, 1.165) is 0 Å². The first-order valence-electron chi connectivity index (χ1n) is 5.68. The Morgan fingerprint density at radius 1 is 0.750 bits per heavy atom. The van der Waals surface area contributed by atoms with E-state index >= 15 is 0 Å². The van der Waals surface area contributed by atoms with Gasteiger partial charge in [-0.25, -0.2) is 0 Å². The molecule has 0 fully saturated rings. The van der Waals surface area contributed by atoms with Crippen molar-refractivity contribution in [1.82, 2.24) is 0 Å². The molecule has 0 aliphatic rings. The van der Waals surface area contributed by atoms with E-state index in [1.807, 2.05) is 0 Å². The minimum absolute atomic E-state index is 1.30. The molecule has 0 heteroatoms. The number of hydrogen-bond acceptors (Lipinski definition) is 0. The van der Waals surface area contributed by atoms with Crippen LogP contribution in [0.4, 0.5) is 0 Å². The highest BCUT2D eigenvalue weighted by Gasteiger charge is 2.02. The SMILES string of the molecule is CCCCCCC[C](CC)CC. The monoisotopic (exact) mass is 169 g/mol. The largest absolute Gasteiger partial charge is 0.0654 e. The Morgan fingerprint density at radius 2 is 1.33 bits per heavy atom. The molecule has 0 aliphatic heterocycles. The summed E-state index contributed by atoms with van der Waals surface area (Å²) >= 11 is 0. The lowest BCUT2D eigenvalue weighted by atomic mass is 9.96. The van der Waals surface area contributed by atoms with Gasteiger partial charge in [0.25, 0.3) is 0 Å². The fraction of sp³-hybridized carbons (Fsp3) is 0.917. The molecule has 0 aromatic rings. The molecule has 73 valence electrons. The fourth-order valence-corrected chi connectivity index (χ4v) is 1.58. The van der Waals surface area contributed by atoms with Crippen LogP contribution in [0.3, 0.4) is 0 Å². The Balaban J connectivity index is 3.06. The highest BCUT2D eigenvalue weighted by Crippen LogP contribution is 2.19. The van der Waals surface area contributed by atoms with Gasteiger partial charge in [0, 0.05) is 0 Å². The van der Waals surface area contributed by atoms with Gasteiger partial charge in [-0.3, -0.25) is 0 Å². The molecule has 0 nitrogen and oxygen atoms in total. The molecule has 0 heterocycles. The molecular weight excluding hydrogens is 144 g/mol. The van der Waals surface area contributed by atoms with Gasteiger partial charge in [-0.2, -0.15) is 0 Å². The van der Waals surface area contributed by atoms with Crippen molar-refractivity contribution in [3.63, 3.8) is 0 Å². The molecule has 0 aromatic heterocycles. The van der Waals surface area contributed by atoms with Gasteiger partial charge in [-0.05, 0) is 25.2 Å². The van der Waals surface area contributed by atoms with E-state index in [-0.39, 0.29) is 0 Å². The minimum Gasteiger partial charge on any atom is -0.0654 e. The van der Waals surface area contributed by atoms with Crippen LogP contribution in [-0.4, -0.2) is 0 Å². The third kappa shape index (κ3) is 6.69. The molecule has 0 unspecified atom stereocenters. The van der Waals surface area contributed by atoms with Crippen molar-refractivity contribution < 1.29 is 0 Å². The van der Waals surface area contributed by atoms with Crippen LogP contribution in [0.1, 0.15) is 72.1 Å². The van der Waals surface area contributed by atoms with Gasteiger partial charge in [-0.1, -0.05) is 52.9 Å². The smallest absolute Gasteiger partial charge is 0.0246 e. The summed E-state index contributed by atoms with van der Waals surface area (Å²) < 4.78 is 0. The normalized spacial score (nSPS) is 11.0. The minimum atomic E-state index is 1.30. The van der Waals surface area contributed by atoms with Crippen LogP contribution in [0.5, 0.6) is 0 Å². The third-order valence-corrected chi connectivity index (χ3v) is 2.63. The first-order valence-corrected chi connectivity index (χ1v) is 5.68. The Hall–Kier alpha value is 0. The van der Waals surface area contributed by atoms with Gasteiger partial charge in [0.05, 0.1) is 0 Å². The Morgan fingerprint density at radius 3 is 1.83 bits per heavy atom. The first kappa shape index (κ1) is 12.0. The maximum Gasteiger partial charge on any atom is -0.0246 e. The van der Waals surface area contributed by atoms with E-state index in [1.54, 1.807) is 5.92 Å². The molecular formula is C12H25. The number of rotatable bonds is 8. The number of hydrogen-bond donors (Lipinski definition) is 0. The Labute approximate surface area is 78.8 Å². The van der Waals surface area contributed by atoms with Gasteiger partial charge in [0.15, 0.2) is 0 Å². The van der Waals surface area contributed by atoms with E-state index in [4.69, 9.17) is 0 Å². The second-order valence-corrected chi connectivity index (χ2v) is 3.62. The molecule has 12 heavy (non-hydrogen) atoms. The van der Waals surface area contributed by atoms with Crippen LogP contribution in [0.2, 0.25) is 0 Å². The summed E-state index contributed by atoms with van der Waals surface area (Å²) in [5, 5.41) is 0. The summed E-state index contributed by atoms with van der Waals surface area (Å²) in [6.45, 7) is 6.84. The van der Waals surface area contributed by atoms with E-state index in [1.165, 1.54) is 51.4 Å². The standard InChI is InChI=1S/C12H25/c1-4-7-8-9-10-11-12(5-2)6-3/h4-11H2,1-3H3. The molecule has 0 saturated carbocycles. The molecule has 0 saturated heterocycles. The van der Waals surface area contributed by atoms with Crippen molar-refractivity contribution in [2.45, 2.75) is 72.1 Å². The van der Waals surface area contributed by atoms with Crippen LogP contribution >= 0.6 is 0 Å². The summed E-state index contributed by atoms with van der Waals surface area (Å²) in [6.07, 6.45) is 11.1. The van der Waals surface area contributed by atoms with Crippen molar-refractivity contribution in [1.29, 1.82) is 0 Å². The van der Waals surface area contributed by atoms with E-state index in [9.17, 15) is 0 Å². The topological polar surface area (TPSA) is 0 Å². The molecule has 0 aromatic carbocycles. The van der Waals surface area contributed by atoms with E-state index in [0.29, 0.717) is 0 Å². The van der Waals surface area contributed by atoms with Crippen LogP contribution in [-0.2, 0) is 0 Å². The summed E-state index contributed by atoms with van der Waals surface area (Å²) in [7, 11) is 0. The number of unbranched alkanes of at least 4 members (excludes halogenated alkanes) is 4. The summed E-state index contributed by atoms with van der Waals surface area (Å²) in [5.41, 5.74) is 0. The third-order valence-electron chi connectivity index (χ3n) is 2.63. The van der Waals surface area contributed by atoms with Gasteiger partial charge in [0.2, 0.25) is 0 Å². The molecule has 0 amide bonds. The van der Waals surface area contributed by atoms with E-state index in [2.05, 4.69) is 20.8 Å². The van der Waals surface area contributed by atoms with Gasteiger partial charge < -0.3 is 0 Å². The lowest BCUT2D eigenvalue weighted by molar-refractivity contribution is 0.587. The van der Waals surface area contributed by atoms with Gasteiger partial charge in [0.1, 0.15) is 0 Å². The van der Waals surface area contributed by atoms with E-state index < -0.39 is 0 Å². The molecule has 1 radical (unpaired) electrons. The lowest BCUT2D eigenvalue weighted by Crippen LogP contribution is -1.93. The Kier molecular flexibility index (Phi) is 9.09. The molecule has 0 atom stereocenters. The second-order valence-electron chi connectivity index (χ2n) is 3.62. The van der Waals surface area contributed by atoms with Crippen molar-refractivity contribution in [3.05, 3.63) is 5.92 Å². The molecule has 0 aliphatic carbocycles.